The van der Waals surface area contributed by atoms with E-state index in [-0.39, 0.29) is 11.6 Å². The summed E-state index contributed by atoms with van der Waals surface area (Å²) < 4.78 is 4.92. The highest BCUT2D eigenvalue weighted by Crippen LogP contribution is 2.17. The van der Waals surface area contributed by atoms with Crippen LogP contribution in [0.1, 0.15) is 41.8 Å². The smallest absolute Gasteiger partial charge is 0.356 e. The Hall–Kier alpha value is -2.44. The van der Waals surface area contributed by atoms with Crippen LogP contribution in [0.4, 0.5) is 5.69 Å². The predicted octanol–water partition coefficient (Wildman–Crippen LogP) is 1.90. The summed E-state index contributed by atoms with van der Waals surface area (Å²) in [7, 11) is 0. The van der Waals surface area contributed by atoms with Crippen LogP contribution in [0.15, 0.2) is 23.0 Å². The number of nitrogens with zero attached hydrogens (tertiary/aromatic N) is 3. The van der Waals surface area contributed by atoms with Gasteiger partial charge < -0.3 is 14.9 Å². The average molecular weight is 262 g/mol. The van der Waals surface area contributed by atoms with Crippen LogP contribution >= 0.6 is 0 Å². The second-order valence-corrected chi connectivity index (χ2v) is 4.28. The highest BCUT2D eigenvalue weighted by molar-refractivity contribution is 5.91. The van der Waals surface area contributed by atoms with Crippen molar-refractivity contribution in [3.63, 3.8) is 0 Å². The lowest BCUT2D eigenvalue weighted by atomic mass is 10.2. The van der Waals surface area contributed by atoms with Gasteiger partial charge in [0, 0.05) is 12.0 Å². The largest absolute Gasteiger partial charge is 0.476 e. The molecule has 2 aromatic heterocycles. The molecule has 0 unspecified atom stereocenters. The quantitative estimate of drug-likeness (QED) is 0.848. The van der Waals surface area contributed by atoms with Crippen LogP contribution in [0.3, 0.4) is 0 Å². The summed E-state index contributed by atoms with van der Waals surface area (Å²) in [6.07, 6.45) is 3.00. The number of rotatable bonds is 5. The first-order valence-corrected chi connectivity index (χ1v) is 5.81. The molecule has 0 saturated carbocycles. The minimum absolute atomic E-state index is 0.0433. The van der Waals surface area contributed by atoms with Crippen molar-refractivity contribution < 1.29 is 14.4 Å². The highest BCUT2D eigenvalue weighted by atomic mass is 16.5. The van der Waals surface area contributed by atoms with Gasteiger partial charge in [0.15, 0.2) is 11.5 Å². The van der Waals surface area contributed by atoms with E-state index < -0.39 is 5.97 Å². The van der Waals surface area contributed by atoms with Gasteiger partial charge in [0.05, 0.1) is 24.6 Å². The maximum atomic E-state index is 11.2. The Labute approximate surface area is 109 Å². The predicted molar refractivity (Wildman–Crippen MR) is 66.9 cm³/mol. The van der Waals surface area contributed by atoms with Crippen molar-refractivity contribution in [3.8, 4) is 0 Å². The number of aromatic nitrogens is 3. The SMILES string of the molecule is CC(C)c1ncc(NCc2ccno2)c(C(=O)O)n1. The van der Waals surface area contributed by atoms with E-state index in [1.54, 1.807) is 6.07 Å². The number of hydrogen-bond acceptors (Lipinski definition) is 6. The molecule has 0 bridgehead atoms. The highest BCUT2D eigenvalue weighted by Gasteiger charge is 2.15. The number of nitrogens with one attached hydrogen (secondary N) is 1. The third-order valence-electron chi connectivity index (χ3n) is 2.47. The molecule has 0 aliphatic rings. The van der Waals surface area contributed by atoms with Gasteiger partial charge in [-0.25, -0.2) is 14.8 Å². The van der Waals surface area contributed by atoms with Gasteiger partial charge in [-0.15, -0.1) is 0 Å². The van der Waals surface area contributed by atoms with Gasteiger partial charge in [-0.3, -0.25) is 0 Å². The van der Waals surface area contributed by atoms with Gasteiger partial charge >= 0.3 is 5.97 Å². The molecule has 0 amide bonds. The molecule has 2 rings (SSSR count). The Morgan fingerprint density at radius 2 is 2.32 bits per heavy atom. The van der Waals surface area contributed by atoms with Crippen molar-refractivity contribution in [3.05, 3.63) is 35.7 Å². The second-order valence-electron chi connectivity index (χ2n) is 4.28. The van der Waals surface area contributed by atoms with Gasteiger partial charge in [-0.2, -0.15) is 0 Å². The molecular weight excluding hydrogens is 248 g/mol. The molecule has 2 aromatic rings. The molecular formula is C12H14N4O3. The summed E-state index contributed by atoms with van der Waals surface area (Å²) >= 11 is 0. The fraction of sp³-hybridized carbons (Fsp3) is 0.333. The molecule has 19 heavy (non-hydrogen) atoms. The van der Waals surface area contributed by atoms with Gasteiger partial charge in [-0.05, 0) is 0 Å². The van der Waals surface area contributed by atoms with E-state index >= 15 is 0 Å². The van der Waals surface area contributed by atoms with Gasteiger partial charge in [0.1, 0.15) is 5.82 Å². The van der Waals surface area contributed by atoms with Crippen molar-refractivity contribution in [2.45, 2.75) is 26.3 Å². The summed E-state index contributed by atoms with van der Waals surface area (Å²) in [5, 5.41) is 15.7. The van der Waals surface area contributed by atoms with E-state index in [0.29, 0.717) is 23.8 Å². The fourth-order valence-electron chi connectivity index (χ4n) is 1.48. The maximum absolute atomic E-state index is 11.2. The molecule has 0 atom stereocenters. The molecule has 100 valence electrons. The number of carboxylic acids is 1. The lowest BCUT2D eigenvalue weighted by Gasteiger charge is -2.10. The number of anilines is 1. The molecule has 0 saturated heterocycles. The number of hydrogen-bond donors (Lipinski definition) is 2. The molecule has 7 heteroatoms. The second kappa shape index (κ2) is 5.47. The van der Waals surface area contributed by atoms with Crippen molar-refractivity contribution in [2.24, 2.45) is 0 Å². The van der Waals surface area contributed by atoms with E-state index in [2.05, 4.69) is 20.4 Å². The number of carboxylic acid groups (broad SMARTS) is 1. The Bertz CT molecular complexity index is 566. The summed E-state index contributed by atoms with van der Waals surface area (Å²) in [5.74, 6) is 0.0812. The minimum atomic E-state index is -1.09. The molecule has 2 heterocycles. The van der Waals surface area contributed by atoms with Crippen LogP contribution in [-0.4, -0.2) is 26.2 Å². The van der Waals surface area contributed by atoms with Gasteiger partial charge in [0.2, 0.25) is 0 Å². The van der Waals surface area contributed by atoms with Crippen LogP contribution in [0, 0.1) is 0 Å². The van der Waals surface area contributed by atoms with Crippen molar-refractivity contribution >= 4 is 11.7 Å². The zero-order chi connectivity index (χ0) is 13.8. The third-order valence-corrected chi connectivity index (χ3v) is 2.47. The molecule has 0 radical (unpaired) electrons. The first-order valence-electron chi connectivity index (χ1n) is 5.81. The van der Waals surface area contributed by atoms with E-state index in [1.165, 1.54) is 12.4 Å². The van der Waals surface area contributed by atoms with Crippen molar-refractivity contribution in [1.82, 2.24) is 15.1 Å². The first kappa shape index (κ1) is 13.0. The number of carbonyl (C=O) groups is 1. The van der Waals surface area contributed by atoms with Crippen LogP contribution in [-0.2, 0) is 6.54 Å². The van der Waals surface area contributed by atoms with E-state index in [0.717, 1.165) is 0 Å². The zero-order valence-corrected chi connectivity index (χ0v) is 10.6. The summed E-state index contributed by atoms with van der Waals surface area (Å²) in [6.45, 7) is 4.13. The van der Waals surface area contributed by atoms with Crippen molar-refractivity contribution in [2.75, 3.05) is 5.32 Å². The topological polar surface area (TPSA) is 101 Å². The van der Waals surface area contributed by atoms with E-state index in [1.807, 2.05) is 13.8 Å². The zero-order valence-electron chi connectivity index (χ0n) is 10.6. The third kappa shape index (κ3) is 3.06. The number of aromatic carboxylic acids is 1. The van der Waals surface area contributed by atoms with Gasteiger partial charge in [0.25, 0.3) is 0 Å². The molecule has 0 fully saturated rings. The average Bonchev–Trinajstić information content (AvgIpc) is 2.89. The summed E-state index contributed by atoms with van der Waals surface area (Å²) in [6, 6.07) is 1.69. The summed E-state index contributed by atoms with van der Waals surface area (Å²) in [5.41, 5.74) is 0.312. The molecule has 7 nitrogen and oxygen atoms in total. The first-order chi connectivity index (χ1) is 9.08. The van der Waals surface area contributed by atoms with E-state index in [4.69, 9.17) is 9.63 Å². The monoisotopic (exact) mass is 262 g/mol. The Balaban J connectivity index is 2.21. The molecule has 0 aliphatic carbocycles. The Morgan fingerprint density at radius 3 is 2.89 bits per heavy atom. The van der Waals surface area contributed by atoms with Crippen LogP contribution in [0.5, 0.6) is 0 Å². The van der Waals surface area contributed by atoms with Crippen LogP contribution in [0.2, 0.25) is 0 Å². The van der Waals surface area contributed by atoms with Gasteiger partial charge in [-0.1, -0.05) is 19.0 Å². The molecule has 0 aromatic carbocycles. The lowest BCUT2D eigenvalue weighted by Crippen LogP contribution is -2.12. The standard InChI is InChI=1S/C12H14N4O3/c1-7(2)11-14-6-9(10(16-11)12(17)18)13-5-8-3-4-15-19-8/h3-4,6-7,13H,5H2,1-2H3,(H,17,18). The Morgan fingerprint density at radius 1 is 1.53 bits per heavy atom. The van der Waals surface area contributed by atoms with Crippen LogP contribution in [0.25, 0.3) is 0 Å². The summed E-state index contributed by atoms with van der Waals surface area (Å²) in [4.78, 5) is 19.4. The minimum Gasteiger partial charge on any atom is -0.476 e. The lowest BCUT2D eigenvalue weighted by molar-refractivity contribution is 0.0691. The van der Waals surface area contributed by atoms with E-state index in [9.17, 15) is 4.79 Å². The molecule has 2 N–H and O–H groups in total. The van der Waals surface area contributed by atoms with Crippen molar-refractivity contribution in [1.29, 1.82) is 0 Å². The maximum Gasteiger partial charge on any atom is 0.356 e. The Kier molecular flexibility index (Phi) is 3.74. The van der Waals surface area contributed by atoms with Crippen LogP contribution < -0.4 is 5.32 Å². The molecule has 0 aliphatic heterocycles. The fourth-order valence-corrected chi connectivity index (χ4v) is 1.48. The molecule has 0 spiro atoms. The normalized spacial score (nSPS) is 10.7.